The van der Waals surface area contributed by atoms with Gasteiger partial charge in [0, 0.05) is 12.2 Å². The van der Waals surface area contributed by atoms with Gasteiger partial charge in [-0.15, -0.1) is 0 Å². The Labute approximate surface area is 166 Å². The fraction of sp³-hybridized carbons (Fsp3) is 0.429. The summed E-state index contributed by atoms with van der Waals surface area (Å²) in [7, 11) is 0. The standard InChI is InChI=1S/C21H22F3N5/c22-21(23,24)20(8-9-20)14-4-5-19-26-12-17(29(19)13-14)16-2-1-3-18(28-16)27-15-6-10-25-11-7-15/h1-5,12-13,15,25H,6-11H2,(H,27,28). The molecule has 2 aliphatic rings. The molecule has 1 saturated heterocycles. The molecule has 0 bridgehead atoms. The fourth-order valence-corrected chi connectivity index (χ4v) is 4.15. The van der Waals surface area contributed by atoms with Gasteiger partial charge in [0.2, 0.25) is 0 Å². The van der Waals surface area contributed by atoms with E-state index in [9.17, 15) is 13.2 Å². The Bertz CT molecular complexity index is 1030. The lowest BCUT2D eigenvalue weighted by molar-refractivity contribution is -0.160. The Morgan fingerprint density at radius 3 is 2.62 bits per heavy atom. The zero-order valence-electron chi connectivity index (χ0n) is 15.8. The summed E-state index contributed by atoms with van der Waals surface area (Å²) in [6, 6.07) is 9.27. The number of imidazole rings is 1. The number of alkyl halides is 3. The molecule has 1 aliphatic carbocycles. The van der Waals surface area contributed by atoms with Crippen LogP contribution in [0.1, 0.15) is 31.2 Å². The van der Waals surface area contributed by atoms with Gasteiger partial charge in [0.05, 0.1) is 23.0 Å². The van der Waals surface area contributed by atoms with Crippen LogP contribution in [0.2, 0.25) is 0 Å². The van der Waals surface area contributed by atoms with Crippen molar-refractivity contribution in [3.05, 3.63) is 48.3 Å². The molecule has 0 aromatic carbocycles. The molecule has 5 rings (SSSR count). The van der Waals surface area contributed by atoms with Crippen LogP contribution in [0.3, 0.4) is 0 Å². The summed E-state index contributed by atoms with van der Waals surface area (Å²) in [4.78, 5) is 9.06. The number of anilines is 1. The monoisotopic (exact) mass is 401 g/mol. The van der Waals surface area contributed by atoms with E-state index in [0.717, 1.165) is 31.7 Å². The molecule has 0 radical (unpaired) electrons. The first kappa shape index (κ1) is 18.4. The van der Waals surface area contributed by atoms with Gasteiger partial charge in [-0.2, -0.15) is 13.2 Å². The summed E-state index contributed by atoms with van der Waals surface area (Å²) >= 11 is 0. The van der Waals surface area contributed by atoms with Crippen LogP contribution in [0.15, 0.2) is 42.7 Å². The molecule has 0 unspecified atom stereocenters. The summed E-state index contributed by atoms with van der Waals surface area (Å²) in [5.41, 5.74) is 0.564. The summed E-state index contributed by atoms with van der Waals surface area (Å²) in [6.45, 7) is 1.96. The molecule has 2 fully saturated rings. The van der Waals surface area contributed by atoms with Gasteiger partial charge in [0.1, 0.15) is 11.5 Å². The van der Waals surface area contributed by atoms with Crippen LogP contribution in [0.4, 0.5) is 19.0 Å². The van der Waals surface area contributed by atoms with E-state index in [1.54, 1.807) is 28.9 Å². The van der Waals surface area contributed by atoms with Crippen LogP contribution >= 0.6 is 0 Å². The number of nitrogens with zero attached hydrogens (tertiary/aromatic N) is 3. The Hall–Kier alpha value is -2.61. The Kier molecular flexibility index (Phi) is 4.27. The Morgan fingerprint density at radius 2 is 1.90 bits per heavy atom. The number of piperidine rings is 1. The number of nitrogens with one attached hydrogen (secondary N) is 2. The first-order valence-corrected chi connectivity index (χ1v) is 9.95. The lowest BCUT2D eigenvalue weighted by atomic mass is 9.97. The molecule has 0 atom stereocenters. The van der Waals surface area contributed by atoms with E-state index < -0.39 is 11.6 Å². The molecule has 29 heavy (non-hydrogen) atoms. The number of hydrogen-bond donors (Lipinski definition) is 2. The number of hydrogen-bond acceptors (Lipinski definition) is 4. The largest absolute Gasteiger partial charge is 0.398 e. The second kappa shape index (κ2) is 6.73. The van der Waals surface area contributed by atoms with Crippen LogP contribution in [-0.4, -0.2) is 39.7 Å². The topological polar surface area (TPSA) is 54.2 Å². The summed E-state index contributed by atoms with van der Waals surface area (Å²) < 4.78 is 42.4. The van der Waals surface area contributed by atoms with E-state index in [4.69, 9.17) is 4.98 Å². The van der Waals surface area contributed by atoms with Crippen molar-refractivity contribution in [2.45, 2.75) is 43.3 Å². The van der Waals surface area contributed by atoms with Crippen LogP contribution in [0.25, 0.3) is 17.0 Å². The van der Waals surface area contributed by atoms with Crippen molar-refractivity contribution in [3.63, 3.8) is 0 Å². The number of halogens is 3. The molecular formula is C21H22F3N5. The van der Waals surface area contributed by atoms with Crippen LogP contribution in [0.5, 0.6) is 0 Å². The maximum atomic E-state index is 13.6. The van der Waals surface area contributed by atoms with Gasteiger partial charge in [-0.25, -0.2) is 9.97 Å². The van der Waals surface area contributed by atoms with Crippen molar-refractivity contribution >= 4 is 11.5 Å². The van der Waals surface area contributed by atoms with Crippen molar-refractivity contribution in [2.24, 2.45) is 0 Å². The molecule has 3 aromatic heterocycles. The predicted octanol–water partition coefficient (Wildman–Crippen LogP) is 4.15. The minimum atomic E-state index is -4.24. The third-order valence-electron chi connectivity index (χ3n) is 6.05. The average Bonchev–Trinajstić information content (AvgIpc) is 3.43. The zero-order chi connectivity index (χ0) is 20.1. The lowest BCUT2D eigenvalue weighted by Gasteiger charge is -2.24. The third-order valence-corrected chi connectivity index (χ3v) is 6.05. The van der Waals surface area contributed by atoms with Crippen molar-refractivity contribution in [1.82, 2.24) is 19.7 Å². The van der Waals surface area contributed by atoms with Gasteiger partial charge in [-0.1, -0.05) is 12.1 Å². The normalized spacial score (nSPS) is 19.4. The molecule has 5 nitrogen and oxygen atoms in total. The maximum absolute atomic E-state index is 13.6. The highest BCUT2D eigenvalue weighted by molar-refractivity contribution is 5.62. The van der Waals surface area contributed by atoms with E-state index in [-0.39, 0.29) is 12.8 Å². The molecular weight excluding hydrogens is 379 g/mol. The highest BCUT2D eigenvalue weighted by Crippen LogP contribution is 2.58. The van der Waals surface area contributed by atoms with Crippen LogP contribution in [-0.2, 0) is 5.41 Å². The molecule has 8 heteroatoms. The summed E-state index contributed by atoms with van der Waals surface area (Å²) in [5.74, 6) is 0.773. The van der Waals surface area contributed by atoms with Crippen molar-refractivity contribution in [3.8, 4) is 11.4 Å². The predicted molar refractivity (Wildman–Crippen MR) is 105 cm³/mol. The first-order chi connectivity index (χ1) is 14.0. The molecule has 1 aliphatic heterocycles. The fourth-order valence-electron chi connectivity index (χ4n) is 4.15. The molecule has 2 N–H and O–H groups in total. The van der Waals surface area contributed by atoms with E-state index in [2.05, 4.69) is 15.6 Å². The molecule has 152 valence electrons. The van der Waals surface area contributed by atoms with Gasteiger partial charge < -0.3 is 10.6 Å². The first-order valence-electron chi connectivity index (χ1n) is 9.95. The highest BCUT2D eigenvalue weighted by atomic mass is 19.4. The van der Waals surface area contributed by atoms with E-state index in [0.29, 0.717) is 28.6 Å². The van der Waals surface area contributed by atoms with Gasteiger partial charge in [-0.3, -0.25) is 4.40 Å². The minimum absolute atomic E-state index is 0.139. The number of aromatic nitrogens is 3. The van der Waals surface area contributed by atoms with E-state index in [1.165, 1.54) is 0 Å². The van der Waals surface area contributed by atoms with Crippen LogP contribution < -0.4 is 10.6 Å². The minimum Gasteiger partial charge on any atom is -0.367 e. The van der Waals surface area contributed by atoms with Gasteiger partial charge in [-0.05, 0) is 62.5 Å². The molecule has 0 amide bonds. The molecule has 1 saturated carbocycles. The smallest absolute Gasteiger partial charge is 0.367 e. The van der Waals surface area contributed by atoms with Crippen molar-refractivity contribution in [1.29, 1.82) is 0 Å². The number of fused-ring (bicyclic) bond motifs is 1. The van der Waals surface area contributed by atoms with E-state index >= 15 is 0 Å². The SMILES string of the molecule is FC(F)(F)C1(c2ccc3ncc(-c4cccc(NC5CCNCC5)n4)n3c2)CC1. The second-order valence-electron chi connectivity index (χ2n) is 7.95. The summed E-state index contributed by atoms with van der Waals surface area (Å²) in [5, 5.41) is 6.80. The maximum Gasteiger partial charge on any atom is 0.398 e. The van der Waals surface area contributed by atoms with E-state index in [1.807, 2.05) is 18.2 Å². The Morgan fingerprint density at radius 1 is 1.10 bits per heavy atom. The zero-order valence-corrected chi connectivity index (χ0v) is 15.8. The van der Waals surface area contributed by atoms with Gasteiger partial charge in [0.25, 0.3) is 0 Å². The third kappa shape index (κ3) is 3.25. The summed E-state index contributed by atoms with van der Waals surface area (Å²) in [6.07, 6.45) is 1.35. The lowest BCUT2D eigenvalue weighted by Crippen LogP contribution is -2.35. The molecule has 4 heterocycles. The Balaban J connectivity index is 1.49. The highest BCUT2D eigenvalue weighted by Gasteiger charge is 2.64. The van der Waals surface area contributed by atoms with Gasteiger partial charge in [0.15, 0.2) is 0 Å². The van der Waals surface area contributed by atoms with Crippen molar-refractivity contribution in [2.75, 3.05) is 18.4 Å². The molecule has 0 spiro atoms. The van der Waals surface area contributed by atoms with Crippen molar-refractivity contribution < 1.29 is 13.2 Å². The number of pyridine rings is 2. The average molecular weight is 401 g/mol. The second-order valence-corrected chi connectivity index (χ2v) is 7.95. The molecule has 3 aromatic rings. The number of rotatable bonds is 4. The van der Waals surface area contributed by atoms with Crippen LogP contribution in [0, 0.1) is 0 Å². The van der Waals surface area contributed by atoms with Gasteiger partial charge >= 0.3 is 6.18 Å². The quantitative estimate of drug-likeness (QED) is 0.690.